The van der Waals surface area contributed by atoms with E-state index in [1.807, 2.05) is 0 Å². The topological polar surface area (TPSA) is 81.9 Å². The van der Waals surface area contributed by atoms with Crippen LogP contribution >= 0.6 is 0 Å². The van der Waals surface area contributed by atoms with Gasteiger partial charge < -0.3 is 18.9 Å². The van der Waals surface area contributed by atoms with Crippen LogP contribution in [0, 0.1) is 0 Å². The van der Waals surface area contributed by atoms with Crippen molar-refractivity contribution in [1.29, 1.82) is 0 Å². The summed E-state index contributed by atoms with van der Waals surface area (Å²) < 4.78 is 71.8. The molecule has 0 unspecified atom stereocenters. The molecule has 0 atom stereocenters. The second-order valence-corrected chi connectivity index (χ2v) is 6.44. The van der Waals surface area contributed by atoms with Crippen LogP contribution in [0.5, 0.6) is 0 Å². The average Bonchev–Trinajstić information content (AvgIpc) is 2.55. The predicted molar refractivity (Wildman–Crippen MR) is 83.3 cm³/mol. The number of morpholine rings is 2. The van der Waals surface area contributed by atoms with E-state index in [4.69, 9.17) is 22.4 Å². The molecule has 0 aromatic rings. The number of hydrogen-bond donors (Lipinski definition) is 0. The highest BCUT2D eigenvalue weighted by Gasteiger charge is 2.36. The zero-order valence-corrected chi connectivity index (χ0v) is 14.3. The van der Waals surface area contributed by atoms with Crippen LogP contribution in [0.1, 0.15) is 0 Å². The smallest absolute Gasteiger partial charge is 0.485 e. The van der Waals surface area contributed by atoms with E-state index in [2.05, 4.69) is 40.1 Å². The van der Waals surface area contributed by atoms with E-state index < -0.39 is 15.6 Å². The molecule has 0 bridgehead atoms. The Morgan fingerprint density at radius 2 is 1.48 bits per heavy atom. The summed E-state index contributed by atoms with van der Waals surface area (Å²) in [6.45, 7) is 7.36. The predicted octanol–water partition coefficient (Wildman–Crippen LogP) is 0.553. The van der Waals surface area contributed by atoms with Crippen molar-refractivity contribution in [2.75, 3.05) is 52.6 Å². The summed E-state index contributed by atoms with van der Waals surface area (Å²) in [5.41, 5.74) is -5.65. The van der Waals surface area contributed by atoms with Gasteiger partial charge in [0.2, 0.25) is 0 Å². The van der Waals surface area contributed by atoms with Crippen LogP contribution in [0.25, 0.3) is 0 Å². The van der Waals surface area contributed by atoms with Gasteiger partial charge in [-0.05, 0) is 12.3 Å². The number of allylic oxidation sites excluding steroid dienone is 3. The van der Waals surface area contributed by atoms with Crippen LogP contribution in [0.15, 0.2) is 24.4 Å². The molecule has 2 aliphatic heterocycles. The van der Waals surface area contributed by atoms with E-state index in [1.165, 1.54) is 0 Å². The SMILES string of the molecule is C(/C=C/C=C/N1CCOCC1)=[N+]1CCOCC1.O=S(=O)([O-])C(F)(F)F. The maximum atomic E-state index is 10.7. The molecule has 2 aliphatic rings. The molecule has 0 aliphatic carbocycles. The number of alkyl halides is 3. The molecule has 2 fully saturated rings. The van der Waals surface area contributed by atoms with Crippen molar-refractivity contribution >= 4 is 16.3 Å². The monoisotopic (exact) mass is 386 g/mol. The normalized spacial score (nSPS) is 19.8. The molecule has 0 saturated carbocycles. The summed E-state index contributed by atoms with van der Waals surface area (Å²) in [5.74, 6) is 0. The molecular formula is C14H21F3N2O5S. The van der Waals surface area contributed by atoms with Crippen molar-refractivity contribution in [3.05, 3.63) is 24.4 Å². The lowest BCUT2D eigenvalue weighted by Gasteiger charge is -2.24. The fraction of sp³-hybridized carbons (Fsp3) is 0.643. The van der Waals surface area contributed by atoms with Gasteiger partial charge in [-0.2, -0.15) is 13.2 Å². The molecule has 25 heavy (non-hydrogen) atoms. The van der Waals surface area contributed by atoms with Crippen LogP contribution in [0.3, 0.4) is 0 Å². The van der Waals surface area contributed by atoms with E-state index in [1.54, 1.807) is 0 Å². The summed E-state index contributed by atoms with van der Waals surface area (Å²) in [6.07, 6.45) is 10.5. The van der Waals surface area contributed by atoms with Crippen molar-refractivity contribution in [3.63, 3.8) is 0 Å². The standard InChI is InChI=1S/C13H21N2O2.CHF3O3S/c1(2-4-14-6-10-16-11-7-14)3-5-15-8-12-17-13-9-15;2-1(3,4)8(5,6)7/h1-5H,6-13H2;(H,5,6,7)/q+1;/p-1. The van der Waals surface area contributed by atoms with E-state index >= 15 is 0 Å². The molecular weight excluding hydrogens is 365 g/mol. The van der Waals surface area contributed by atoms with Gasteiger partial charge in [-0.25, -0.2) is 13.0 Å². The van der Waals surface area contributed by atoms with Crippen LogP contribution in [0.4, 0.5) is 13.2 Å². The quantitative estimate of drug-likeness (QED) is 0.305. The minimum Gasteiger partial charge on any atom is -0.741 e. The second-order valence-electron chi connectivity index (χ2n) is 5.07. The first-order valence-corrected chi connectivity index (χ1v) is 8.95. The molecule has 0 N–H and O–H groups in total. The first-order valence-electron chi connectivity index (χ1n) is 7.54. The Morgan fingerprint density at radius 3 is 2.00 bits per heavy atom. The molecule has 0 spiro atoms. The second kappa shape index (κ2) is 10.5. The lowest BCUT2D eigenvalue weighted by Crippen LogP contribution is -2.31. The number of ether oxygens (including phenoxy) is 2. The van der Waals surface area contributed by atoms with E-state index in [9.17, 15) is 13.2 Å². The first-order chi connectivity index (χ1) is 11.7. The molecule has 0 aromatic heterocycles. The summed E-state index contributed by atoms with van der Waals surface area (Å²) >= 11 is 0. The van der Waals surface area contributed by atoms with Gasteiger partial charge in [0, 0.05) is 19.2 Å². The maximum absolute atomic E-state index is 10.7. The number of nitrogens with zero attached hydrogens (tertiary/aromatic N) is 2. The van der Waals surface area contributed by atoms with E-state index in [0.717, 1.165) is 52.6 Å². The molecule has 7 nitrogen and oxygen atoms in total. The molecule has 2 rings (SSSR count). The molecule has 0 amide bonds. The zero-order chi connectivity index (χ0) is 18.8. The van der Waals surface area contributed by atoms with Gasteiger partial charge in [-0.1, -0.05) is 6.08 Å². The van der Waals surface area contributed by atoms with Crippen LogP contribution in [-0.4, -0.2) is 86.8 Å². The number of rotatable bonds is 3. The average molecular weight is 386 g/mol. The van der Waals surface area contributed by atoms with Gasteiger partial charge >= 0.3 is 5.51 Å². The Hall–Kier alpha value is -1.43. The lowest BCUT2D eigenvalue weighted by molar-refractivity contribution is -0.544. The first kappa shape index (κ1) is 21.6. The van der Waals surface area contributed by atoms with Crippen molar-refractivity contribution in [2.45, 2.75) is 5.51 Å². The molecule has 11 heteroatoms. The molecule has 2 saturated heterocycles. The van der Waals surface area contributed by atoms with E-state index in [0.29, 0.717) is 0 Å². The highest BCUT2D eigenvalue weighted by Crippen LogP contribution is 2.20. The lowest BCUT2D eigenvalue weighted by atomic mass is 10.4. The summed E-state index contributed by atoms with van der Waals surface area (Å²) in [6, 6.07) is 0. The fourth-order valence-corrected chi connectivity index (χ4v) is 1.86. The highest BCUT2D eigenvalue weighted by molar-refractivity contribution is 7.86. The van der Waals surface area contributed by atoms with Gasteiger partial charge in [0.05, 0.1) is 13.2 Å². The zero-order valence-electron chi connectivity index (χ0n) is 13.5. The Balaban J connectivity index is 0.000000333. The Morgan fingerprint density at radius 1 is 0.960 bits per heavy atom. The maximum Gasteiger partial charge on any atom is 0.485 e. The number of hydrogen-bond acceptors (Lipinski definition) is 6. The number of halogens is 3. The summed E-state index contributed by atoms with van der Waals surface area (Å²) in [5, 5.41) is 0. The Kier molecular flexibility index (Phi) is 9.11. The van der Waals surface area contributed by atoms with Gasteiger partial charge in [0.1, 0.15) is 13.2 Å². The highest BCUT2D eigenvalue weighted by atomic mass is 32.2. The van der Waals surface area contributed by atoms with Crippen LogP contribution in [-0.2, 0) is 19.6 Å². The van der Waals surface area contributed by atoms with Crippen molar-refractivity contribution in [3.8, 4) is 0 Å². The van der Waals surface area contributed by atoms with Gasteiger partial charge in [-0.3, -0.25) is 0 Å². The van der Waals surface area contributed by atoms with Gasteiger partial charge in [0.15, 0.2) is 29.4 Å². The molecule has 144 valence electrons. The van der Waals surface area contributed by atoms with E-state index in [-0.39, 0.29) is 0 Å². The van der Waals surface area contributed by atoms with Crippen molar-refractivity contribution in [1.82, 2.24) is 4.90 Å². The molecule has 0 radical (unpaired) electrons. The minimum atomic E-state index is -6.09. The largest absolute Gasteiger partial charge is 0.741 e. The van der Waals surface area contributed by atoms with Crippen LogP contribution < -0.4 is 0 Å². The van der Waals surface area contributed by atoms with Crippen molar-refractivity contribution in [2.24, 2.45) is 0 Å². The third kappa shape index (κ3) is 9.58. The summed E-state index contributed by atoms with van der Waals surface area (Å²) in [4.78, 5) is 2.28. The Bertz CT molecular complexity index is 574. The fourth-order valence-electron chi connectivity index (χ4n) is 1.86. The van der Waals surface area contributed by atoms with Gasteiger partial charge in [-0.15, -0.1) is 0 Å². The third-order valence-electron chi connectivity index (χ3n) is 3.19. The molecule has 0 aromatic carbocycles. The Labute approximate surface area is 144 Å². The van der Waals surface area contributed by atoms with Crippen LogP contribution in [0.2, 0.25) is 0 Å². The third-order valence-corrected chi connectivity index (χ3v) is 3.76. The molecule has 2 heterocycles. The van der Waals surface area contributed by atoms with Gasteiger partial charge in [0.25, 0.3) is 0 Å². The van der Waals surface area contributed by atoms with Crippen molar-refractivity contribution < 1.29 is 40.2 Å². The minimum absolute atomic E-state index is 0.841. The summed E-state index contributed by atoms with van der Waals surface area (Å²) in [7, 11) is -6.09.